The molecule has 0 aliphatic rings. The van der Waals surface area contributed by atoms with Crippen LogP contribution in [0.4, 0.5) is 0 Å². The Balaban J connectivity index is 2.52. The maximum absolute atomic E-state index is 5.73. The summed E-state index contributed by atoms with van der Waals surface area (Å²) in [6, 6.07) is 0.146. The Kier molecular flexibility index (Phi) is 3.22. The summed E-state index contributed by atoms with van der Waals surface area (Å²) in [5.74, 6) is 1.41. The molecule has 1 atom stereocenters. The normalized spacial score (nSPS) is 13.2. The van der Waals surface area contributed by atoms with Crippen molar-refractivity contribution in [2.75, 3.05) is 0 Å². The number of hydrogen-bond acceptors (Lipinski definition) is 4. The SMILES string of the molecule is CCc1nc(C[C@@H](N)CC)no1. The first-order chi connectivity index (χ1) is 5.76. The molecule has 4 nitrogen and oxygen atoms in total. The predicted octanol–water partition coefficient (Wildman–Crippen LogP) is 0.912. The Morgan fingerprint density at radius 2 is 2.25 bits per heavy atom. The largest absolute Gasteiger partial charge is 0.339 e. The highest BCUT2D eigenvalue weighted by Gasteiger charge is 2.07. The van der Waals surface area contributed by atoms with Gasteiger partial charge in [0.05, 0.1) is 0 Å². The zero-order chi connectivity index (χ0) is 8.97. The zero-order valence-corrected chi connectivity index (χ0v) is 7.58. The van der Waals surface area contributed by atoms with Gasteiger partial charge in [-0.1, -0.05) is 19.0 Å². The second-order valence-corrected chi connectivity index (χ2v) is 2.83. The lowest BCUT2D eigenvalue weighted by Crippen LogP contribution is -2.21. The second kappa shape index (κ2) is 4.21. The third kappa shape index (κ3) is 2.30. The van der Waals surface area contributed by atoms with Crippen molar-refractivity contribution in [1.29, 1.82) is 0 Å². The minimum absolute atomic E-state index is 0.146. The minimum atomic E-state index is 0.146. The van der Waals surface area contributed by atoms with Gasteiger partial charge >= 0.3 is 0 Å². The molecule has 0 spiro atoms. The van der Waals surface area contributed by atoms with Crippen molar-refractivity contribution in [2.24, 2.45) is 5.73 Å². The van der Waals surface area contributed by atoms with Crippen LogP contribution in [0.15, 0.2) is 4.52 Å². The van der Waals surface area contributed by atoms with E-state index >= 15 is 0 Å². The molecule has 4 heteroatoms. The van der Waals surface area contributed by atoms with Gasteiger partial charge in [-0.15, -0.1) is 0 Å². The molecule has 2 N–H and O–H groups in total. The van der Waals surface area contributed by atoms with Gasteiger partial charge in [0.2, 0.25) is 5.89 Å². The highest BCUT2D eigenvalue weighted by Crippen LogP contribution is 2.01. The van der Waals surface area contributed by atoms with Crippen LogP contribution in [0, 0.1) is 0 Å². The average molecular weight is 169 g/mol. The molecule has 0 saturated heterocycles. The summed E-state index contributed by atoms with van der Waals surface area (Å²) in [7, 11) is 0. The van der Waals surface area contributed by atoms with E-state index in [1.165, 1.54) is 0 Å². The van der Waals surface area contributed by atoms with E-state index in [9.17, 15) is 0 Å². The van der Waals surface area contributed by atoms with Gasteiger partial charge in [0, 0.05) is 18.9 Å². The van der Waals surface area contributed by atoms with Crippen LogP contribution in [0.1, 0.15) is 32.0 Å². The summed E-state index contributed by atoms with van der Waals surface area (Å²) in [6.07, 6.45) is 2.43. The first kappa shape index (κ1) is 9.19. The van der Waals surface area contributed by atoms with Crippen LogP contribution >= 0.6 is 0 Å². The molecule has 0 amide bonds. The van der Waals surface area contributed by atoms with E-state index in [-0.39, 0.29) is 6.04 Å². The average Bonchev–Trinajstić information content (AvgIpc) is 2.52. The lowest BCUT2D eigenvalue weighted by atomic mass is 10.2. The van der Waals surface area contributed by atoms with Gasteiger partial charge in [-0.3, -0.25) is 0 Å². The molecule has 12 heavy (non-hydrogen) atoms. The van der Waals surface area contributed by atoms with Crippen molar-refractivity contribution in [1.82, 2.24) is 10.1 Å². The van der Waals surface area contributed by atoms with Crippen LogP contribution in [0.25, 0.3) is 0 Å². The van der Waals surface area contributed by atoms with E-state index in [0.717, 1.165) is 18.7 Å². The fraction of sp³-hybridized carbons (Fsp3) is 0.750. The van der Waals surface area contributed by atoms with Gasteiger partial charge in [-0.2, -0.15) is 4.98 Å². The maximum Gasteiger partial charge on any atom is 0.226 e. The van der Waals surface area contributed by atoms with Crippen LogP contribution < -0.4 is 5.73 Å². The van der Waals surface area contributed by atoms with Crippen molar-refractivity contribution in [3.05, 3.63) is 11.7 Å². The summed E-state index contributed by atoms with van der Waals surface area (Å²) in [4.78, 5) is 4.16. The van der Waals surface area contributed by atoms with Crippen molar-refractivity contribution in [3.8, 4) is 0 Å². The molecule has 1 aromatic rings. The van der Waals surface area contributed by atoms with Gasteiger partial charge < -0.3 is 10.3 Å². The maximum atomic E-state index is 5.73. The molecule has 0 aliphatic carbocycles. The van der Waals surface area contributed by atoms with E-state index in [0.29, 0.717) is 12.3 Å². The first-order valence-corrected chi connectivity index (χ1v) is 4.33. The van der Waals surface area contributed by atoms with Crippen molar-refractivity contribution in [3.63, 3.8) is 0 Å². The highest BCUT2D eigenvalue weighted by molar-refractivity contribution is 4.88. The molecule has 1 heterocycles. The Labute approximate surface area is 72.1 Å². The molecule has 0 bridgehead atoms. The van der Waals surface area contributed by atoms with Gasteiger partial charge in [0.15, 0.2) is 5.82 Å². The summed E-state index contributed by atoms with van der Waals surface area (Å²) in [5.41, 5.74) is 5.73. The molecule has 0 saturated carbocycles. The predicted molar refractivity (Wildman–Crippen MR) is 45.6 cm³/mol. The summed E-state index contributed by atoms with van der Waals surface area (Å²) >= 11 is 0. The van der Waals surface area contributed by atoms with Gasteiger partial charge in [0.1, 0.15) is 0 Å². The molecule has 0 fully saturated rings. The van der Waals surface area contributed by atoms with Crippen LogP contribution in [-0.2, 0) is 12.8 Å². The molecular formula is C8H15N3O. The van der Waals surface area contributed by atoms with E-state index in [2.05, 4.69) is 10.1 Å². The van der Waals surface area contributed by atoms with Crippen molar-refractivity contribution < 1.29 is 4.52 Å². The first-order valence-electron chi connectivity index (χ1n) is 4.33. The number of aromatic nitrogens is 2. The monoisotopic (exact) mass is 169 g/mol. The third-order valence-corrected chi connectivity index (χ3v) is 1.78. The Morgan fingerprint density at radius 1 is 1.50 bits per heavy atom. The molecule has 0 aliphatic heterocycles. The number of aryl methyl sites for hydroxylation is 1. The number of rotatable bonds is 4. The quantitative estimate of drug-likeness (QED) is 0.727. The summed E-state index contributed by atoms with van der Waals surface area (Å²) < 4.78 is 4.94. The van der Waals surface area contributed by atoms with E-state index < -0.39 is 0 Å². The van der Waals surface area contributed by atoms with Gasteiger partial charge in [-0.05, 0) is 6.42 Å². The number of nitrogens with two attached hydrogens (primary N) is 1. The summed E-state index contributed by atoms with van der Waals surface area (Å²) in [6.45, 7) is 4.03. The Morgan fingerprint density at radius 3 is 2.75 bits per heavy atom. The molecular weight excluding hydrogens is 154 g/mol. The highest BCUT2D eigenvalue weighted by atomic mass is 16.5. The van der Waals surface area contributed by atoms with Crippen LogP contribution in [0.3, 0.4) is 0 Å². The van der Waals surface area contributed by atoms with Gasteiger partial charge in [0.25, 0.3) is 0 Å². The fourth-order valence-electron chi connectivity index (χ4n) is 0.896. The lowest BCUT2D eigenvalue weighted by molar-refractivity contribution is 0.375. The molecule has 1 rings (SSSR count). The van der Waals surface area contributed by atoms with Crippen LogP contribution in [-0.4, -0.2) is 16.2 Å². The molecule has 68 valence electrons. The lowest BCUT2D eigenvalue weighted by Gasteiger charge is -2.02. The number of nitrogens with zero attached hydrogens (tertiary/aromatic N) is 2. The zero-order valence-electron chi connectivity index (χ0n) is 7.58. The molecule has 0 aromatic carbocycles. The minimum Gasteiger partial charge on any atom is -0.339 e. The Bertz CT molecular complexity index is 234. The second-order valence-electron chi connectivity index (χ2n) is 2.83. The van der Waals surface area contributed by atoms with Gasteiger partial charge in [-0.25, -0.2) is 0 Å². The van der Waals surface area contributed by atoms with E-state index in [4.69, 9.17) is 10.3 Å². The molecule has 1 aromatic heterocycles. The van der Waals surface area contributed by atoms with E-state index in [1.54, 1.807) is 0 Å². The number of hydrogen-bond donors (Lipinski definition) is 1. The Hall–Kier alpha value is -0.900. The standard InChI is InChI=1S/C8H15N3O/c1-3-6(9)5-7-10-8(4-2)12-11-7/h6H,3-5,9H2,1-2H3/t6-/m0/s1. The third-order valence-electron chi connectivity index (χ3n) is 1.78. The van der Waals surface area contributed by atoms with E-state index in [1.807, 2.05) is 13.8 Å². The van der Waals surface area contributed by atoms with Crippen molar-refractivity contribution >= 4 is 0 Å². The van der Waals surface area contributed by atoms with Crippen LogP contribution in [0.5, 0.6) is 0 Å². The topological polar surface area (TPSA) is 64.9 Å². The molecule has 0 unspecified atom stereocenters. The summed E-state index contributed by atoms with van der Waals surface area (Å²) in [5, 5.41) is 3.81. The smallest absolute Gasteiger partial charge is 0.226 e. The van der Waals surface area contributed by atoms with Crippen LogP contribution in [0.2, 0.25) is 0 Å². The van der Waals surface area contributed by atoms with Crippen molar-refractivity contribution in [2.45, 2.75) is 39.2 Å². The molecule has 0 radical (unpaired) electrons. The fourth-order valence-corrected chi connectivity index (χ4v) is 0.896.